The zero-order valence-electron chi connectivity index (χ0n) is 19.6. The number of fused-ring (bicyclic) bond motifs is 1. The molecule has 0 aliphatic rings. The second-order valence-electron chi connectivity index (χ2n) is 7.92. The Morgan fingerprint density at radius 2 is 1.81 bits per heavy atom. The van der Waals surface area contributed by atoms with Crippen LogP contribution < -0.4 is 20.3 Å². The van der Waals surface area contributed by atoms with Gasteiger partial charge in [0.2, 0.25) is 5.91 Å². The Morgan fingerprint density at radius 1 is 1.03 bits per heavy atom. The topological polar surface area (TPSA) is 96.5 Å². The van der Waals surface area contributed by atoms with Crippen molar-refractivity contribution in [1.29, 1.82) is 0 Å². The number of anilines is 2. The summed E-state index contributed by atoms with van der Waals surface area (Å²) in [5, 5.41) is 6.80. The van der Waals surface area contributed by atoms with E-state index in [-0.39, 0.29) is 24.1 Å². The van der Waals surface area contributed by atoms with Crippen molar-refractivity contribution in [2.45, 2.75) is 13.5 Å². The SMILES string of the molecule is Cc1ccc2cccc(OCc3c(Cl)ccc(N(C)C(=O)CNC(=O)Nc4ccncc4)c3Cl)c2n1. The van der Waals surface area contributed by atoms with Gasteiger partial charge in [-0.05, 0) is 43.3 Å². The van der Waals surface area contributed by atoms with E-state index in [1.165, 1.54) is 4.90 Å². The van der Waals surface area contributed by atoms with Crippen LogP contribution in [0.25, 0.3) is 10.9 Å². The van der Waals surface area contributed by atoms with Gasteiger partial charge in [0.25, 0.3) is 0 Å². The number of urea groups is 1. The van der Waals surface area contributed by atoms with Crippen molar-refractivity contribution >= 4 is 57.4 Å². The fraction of sp³-hybridized carbons (Fsp3) is 0.154. The van der Waals surface area contributed by atoms with Crippen molar-refractivity contribution in [3.8, 4) is 5.75 Å². The van der Waals surface area contributed by atoms with Crippen molar-refractivity contribution in [1.82, 2.24) is 15.3 Å². The lowest BCUT2D eigenvalue weighted by atomic mass is 10.1. The first-order chi connectivity index (χ1) is 17.3. The molecule has 8 nitrogen and oxygen atoms in total. The minimum atomic E-state index is -0.516. The molecule has 36 heavy (non-hydrogen) atoms. The summed E-state index contributed by atoms with van der Waals surface area (Å²) >= 11 is 13.1. The number of benzene rings is 2. The second kappa shape index (κ2) is 11.2. The zero-order valence-corrected chi connectivity index (χ0v) is 21.1. The maximum absolute atomic E-state index is 12.7. The Bertz CT molecular complexity index is 1420. The monoisotopic (exact) mass is 523 g/mol. The minimum Gasteiger partial charge on any atom is -0.487 e. The lowest BCUT2D eigenvalue weighted by Gasteiger charge is -2.21. The Labute approximate surface area is 218 Å². The number of hydrogen-bond donors (Lipinski definition) is 2. The van der Waals surface area contributed by atoms with Gasteiger partial charge in [-0.3, -0.25) is 9.78 Å². The maximum Gasteiger partial charge on any atom is 0.319 e. The summed E-state index contributed by atoms with van der Waals surface area (Å²) in [5.41, 5.74) is 3.14. The van der Waals surface area contributed by atoms with Crippen LogP contribution >= 0.6 is 23.2 Å². The number of aromatic nitrogens is 2. The number of pyridine rings is 2. The van der Waals surface area contributed by atoms with Crippen molar-refractivity contribution in [3.63, 3.8) is 0 Å². The highest BCUT2D eigenvalue weighted by molar-refractivity contribution is 6.38. The summed E-state index contributed by atoms with van der Waals surface area (Å²) in [6, 6.07) is 15.7. The average molecular weight is 524 g/mol. The summed E-state index contributed by atoms with van der Waals surface area (Å²) in [4.78, 5) is 34.7. The third kappa shape index (κ3) is 5.84. The molecule has 2 heterocycles. The van der Waals surface area contributed by atoms with Crippen LogP contribution in [-0.2, 0) is 11.4 Å². The molecule has 10 heteroatoms. The normalized spacial score (nSPS) is 10.7. The molecular formula is C26H23Cl2N5O3. The zero-order chi connectivity index (χ0) is 25.7. The molecule has 0 fully saturated rings. The highest BCUT2D eigenvalue weighted by Crippen LogP contribution is 2.35. The molecule has 0 bridgehead atoms. The van der Waals surface area contributed by atoms with Crippen LogP contribution in [0.1, 0.15) is 11.3 Å². The summed E-state index contributed by atoms with van der Waals surface area (Å²) in [6.45, 7) is 1.76. The van der Waals surface area contributed by atoms with E-state index in [2.05, 4.69) is 20.6 Å². The number of ether oxygens (including phenoxy) is 1. The van der Waals surface area contributed by atoms with Crippen LogP contribution in [0.4, 0.5) is 16.2 Å². The van der Waals surface area contributed by atoms with E-state index in [1.807, 2.05) is 37.3 Å². The number of nitrogens with zero attached hydrogens (tertiary/aromatic N) is 3. The van der Waals surface area contributed by atoms with Gasteiger partial charge in [-0.15, -0.1) is 0 Å². The van der Waals surface area contributed by atoms with Crippen molar-refractivity contribution < 1.29 is 14.3 Å². The number of rotatable bonds is 7. The van der Waals surface area contributed by atoms with Crippen LogP contribution in [0, 0.1) is 6.92 Å². The fourth-order valence-electron chi connectivity index (χ4n) is 3.48. The van der Waals surface area contributed by atoms with Crippen LogP contribution in [-0.4, -0.2) is 35.5 Å². The lowest BCUT2D eigenvalue weighted by molar-refractivity contribution is -0.117. The number of nitrogens with one attached hydrogen (secondary N) is 2. The van der Waals surface area contributed by atoms with Gasteiger partial charge < -0.3 is 20.3 Å². The van der Waals surface area contributed by atoms with Gasteiger partial charge in [-0.2, -0.15) is 0 Å². The van der Waals surface area contributed by atoms with Crippen LogP contribution in [0.5, 0.6) is 5.75 Å². The number of carbonyl (C=O) groups is 2. The first kappa shape index (κ1) is 25.2. The standard InChI is InChI=1S/C26H23Cl2N5O3/c1-16-6-7-17-4-3-5-22(25(17)31-16)36-15-19-20(27)8-9-21(24(19)28)33(2)23(34)14-30-26(35)32-18-10-12-29-13-11-18/h3-13H,14-15H2,1-2H3,(H2,29,30,32,35). The molecule has 0 spiro atoms. The van der Waals surface area contributed by atoms with Crippen LogP contribution in [0.2, 0.25) is 10.0 Å². The molecule has 3 amide bonds. The Balaban J connectivity index is 1.45. The van der Waals surface area contributed by atoms with E-state index in [0.29, 0.717) is 27.7 Å². The average Bonchev–Trinajstić information content (AvgIpc) is 2.87. The Hall–Kier alpha value is -3.88. The molecule has 2 aromatic carbocycles. The van der Waals surface area contributed by atoms with E-state index in [1.54, 1.807) is 43.7 Å². The number of carbonyl (C=O) groups excluding carboxylic acids is 2. The van der Waals surface area contributed by atoms with Gasteiger partial charge in [0, 0.05) is 46.8 Å². The molecule has 4 aromatic rings. The Kier molecular flexibility index (Phi) is 7.87. The predicted molar refractivity (Wildman–Crippen MR) is 142 cm³/mol. The second-order valence-corrected chi connectivity index (χ2v) is 8.71. The molecule has 184 valence electrons. The highest BCUT2D eigenvalue weighted by Gasteiger charge is 2.19. The van der Waals surface area contributed by atoms with Gasteiger partial charge in [0.15, 0.2) is 0 Å². The van der Waals surface area contributed by atoms with E-state index < -0.39 is 6.03 Å². The minimum absolute atomic E-state index is 0.0782. The first-order valence-corrected chi connectivity index (χ1v) is 11.8. The molecule has 0 saturated heterocycles. The molecule has 0 aliphatic carbocycles. The molecule has 2 N–H and O–H groups in total. The quantitative estimate of drug-likeness (QED) is 0.328. The summed E-state index contributed by atoms with van der Waals surface area (Å²) in [7, 11) is 1.57. The van der Waals surface area contributed by atoms with Gasteiger partial charge in [-0.1, -0.05) is 41.4 Å². The number of aryl methyl sites for hydroxylation is 1. The van der Waals surface area contributed by atoms with Crippen molar-refractivity contribution in [2.24, 2.45) is 0 Å². The van der Waals surface area contributed by atoms with E-state index in [4.69, 9.17) is 27.9 Å². The molecular weight excluding hydrogens is 501 g/mol. The molecule has 0 atom stereocenters. The molecule has 0 aliphatic heterocycles. The number of hydrogen-bond acceptors (Lipinski definition) is 5. The third-order valence-corrected chi connectivity index (χ3v) is 6.21. The van der Waals surface area contributed by atoms with E-state index in [0.717, 1.165) is 16.6 Å². The fourth-order valence-corrected chi connectivity index (χ4v) is 4.09. The first-order valence-electron chi connectivity index (χ1n) is 11.0. The number of halogens is 2. The number of likely N-dealkylation sites (N-methyl/N-ethyl adjacent to an activating group) is 1. The largest absolute Gasteiger partial charge is 0.487 e. The van der Waals surface area contributed by atoms with Gasteiger partial charge in [0.05, 0.1) is 17.3 Å². The molecule has 0 radical (unpaired) electrons. The number of amides is 3. The smallest absolute Gasteiger partial charge is 0.319 e. The van der Waals surface area contributed by atoms with Crippen molar-refractivity contribution in [2.75, 3.05) is 23.8 Å². The lowest BCUT2D eigenvalue weighted by Crippen LogP contribution is -2.40. The van der Waals surface area contributed by atoms with Gasteiger partial charge >= 0.3 is 6.03 Å². The Morgan fingerprint density at radius 3 is 2.58 bits per heavy atom. The van der Waals surface area contributed by atoms with Crippen LogP contribution in [0.3, 0.4) is 0 Å². The predicted octanol–water partition coefficient (Wildman–Crippen LogP) is 5.61. The van der Waals surface area contributed by atoms with Crippen molar-refractivity contribution in [3.05, 3.63) is 88.3 Å². The van der Waals surface area contributed by atoms with Crippen LogP contribution in [0.15, 0.2) is 67.0 Å². The number of para-hydroxylation sites is 1. The van der Waals surface area contributed by atoms with Gasteiger partial charge in [-0.25, -0.2) is 9.78 Å². The third-order valence-electron chi connectivity index (χ3n) is 5.43. The molecule has 2 aromatic heterocycles. The molecule has 0 unspecified atom stereocenters. The molecule has 0 saturated carbocycles. The summed E-state index contributed by atoms with van der Waals surface area (Å²) in [5.74, 6) is 0.229. The maximum atomic E-state index is 12.7. The van der Waals surface area contributed by atoms with E-state index >= 15 is 0 Å². The summed E-state index contributed by atoms with van der Waals surface area (Å²) in [6.07, 6.45) is 3.10. The highest BCUT2D eigenvalue weighted by atomic mass is 35.5. The summed E-state index contributed by atoms with van der Waals surface area (Å²) < 4.78 is 6.05. The van der Waals surface area contributed by atoms with Gasteiger partial charge in [0.1, 0.15) is 17.9 Å². The molecule has 4 rings (SSSR count). The van der Waals surface area contributed by atoms with E-state index in [9.17, 15) is 9.59 Å².